The van der Waals surface area contributed by atoms with Crippen LogP contribution in [-0.2, 0) is 27.2 Å². The van der Waals surface area contributed by atoms with Gasteiger partial charge in [0.25, 0.3) is 17.0 Å². The Morgan fingerprint density at radius 3 is 1.46 bits per heavy atom. The molecule has 0 bridgehead atoms. The van der Waals surface area contributed by atoms with Gasteiger partial charge in [-0.1, -0.05) is 60.7 Å². The molecule has 300 valence electrons. The molecular formula is C44H52N6O7. The molecule has 1 amide bonds. The number of hydrogen-bond donors (Lipinski definition) is 5. The first-order chi connectivity index (χ1) is 27.1. The Bertz CT molecular complexity index is 2390. The van der Waals surface area contributed by atoms with Crippen molar-refractivity contribution >= 4 is 11.9 Å². The summed E-state index contributed by atoms with van der Waals surface area (Å²) in [5.74, 6) is 0.497. The van der Waals surface area contributed by atoms with Crippen LogP contribution in [-0.4, -0.2) is 36.5 Å². The first-order valence-corrected chi connectivity index (χ1v) is 18.5. The minimum atomic E-state index is -0.902. The Labute approximate surface area is 332 Å². The summed E-state index contributed by atoms with van der Waals surface area (Å²) in [7, 11) is 3.56. The van der Waals surface area contributed by atoms with E-state index in [1.165, 1.54) is 0 Å². The number of rotatable bonds is 11. The molecule has 57 heavy (non-hydrogen) atoms. The topological polar surface area (TPSA) is 186 Å². The monoisotopic (exact) mass is 776 g/mol. The molecule has 0 saturated heterocycles. The summed E-state index contributed by atoms with van der Waals surface area (Å²) in [5, 5.41) is 17.1. The second-order valence-corrected chi connectivity index (χ2v) is 13.6. The molecule has 0 aliphatic heterocycles. The Hall–Kier alpha value is -6.60. The highest BCUT2D eigenvalue weighted by Crippen LogP contribution is 2.25. The number of hydrogen-bond acceptors (Lipinski definition) is 7. The second kappa shape index (κ2) is 19.8. The number of nitrogens with one attached hydrogen (secondary N) is 3. The lowest BCUT2D eigenvalue weighted by Gasteiger charge is -2.17. The van der Waals surface area contributed by atoms with E-state index in [9.17, 15) is 19.2 Å². The number of aryl methyl sites for hydroxylation is 4. The van der Waals surface area contributed by atoms with Gasteiger partial charge in [-0.15, -0.1) is 0 Å². The number of aromatic amines is 2. The van der Waals surface area contributed by atoms with Crippen molar-refractivity contribution in [1.82, 2.24) is 24.9 Å². The van der Waals surface area contributed by atoms with Crippen molar-refractivity contribution in [3.8, 4) is 11.5 Å². The third-order valence-electron chi connectivity index (χ3n) is 9.62. The zero-order chi connectivity index (χ0) is 41.8. The lowest BCUT2D eigenvalue weighted by Crippen LogP contribution is -2.26. The van der Waals surface area contributed by atoms with Crippen LogP contribution in [0.1, 0.15) is 91.5 Å². The number of H-pyrrole nitrogens is 2. The van der Waals surface area contributed by atoms with Gasteiger partial charge in [0.1, 0.15) is 23.7 Å². The van der Waals surface area contributed by atoms with Crippen molar-refractivity contribution in [3.05, 3.63) is 174 Å². The number of nitrogens with zero attached hydrogens (tertiary/aromatic N) is 2. The molecule has 13 heteroatoms. The zero-order valence-corrected chi connectivity index (χ0v) is 33.7. The Morgan fingerprint density at radius 2 is 1.11 bits per heavy atom. The number of para-hydroxylation sites is 2. The standard InChI is InChI=1S/C22H25N3O3.C16H16O3.C6H11N3O/c1-14-12-17(16(3)28-18-8-6-5-7-9-18)10-11-19(14)21(26)23-13-20-15(2)25(4)24-22(20)27;1-11-10-13(8-9-15(11)16(17)18)12(2)19-14-6-4-3-5-7-14;1-4-5(3-7)6(10)8-9(4)2/h5-12,16H,13H2,1-4H3,(H,23,26)(H,24,27);3-10,12H,1-2H3,(H,17,18);3,7H2,1-2H3,(H,8,10). The van der Waals surface area contributed by atoms with E-state index in [1.807, 2.05) is 113 Å². The average Bonchev–Trinajstić information content (AvgIpc) is 3.58. The normalized spacial score (nSPS) is 11.6. The summed E-state index contributed by atoms with van der Waals surface area (Å²) >= 11 is 0. The van der Waals surface area contributed by atoms with E-state index >= 15 is 0 Å². The average molecular weight is 777 g/mol. The molecule has 6 N–H and O–H groups in total. The molecule has 0 spiro atoms. The highest BCUT2D eigenvalue weighted by atomic mass is 16.5. The summed E-state index contributed by atoms with van der Waals surface area (Å²) in [6.07, 6.45) is -0.257. The van der Waals surface area contributed by atoms with Crippen LogP contribution in [0.2, 0.25) is 0 Å². The van der Waals surface area contributed by atoms with Crippen LogP contribution in [0, 0.1) is 27.7 Å². The molecule has 0 aliphatic rings. The molecule has 6 rings (SSSR count). The van der Waals surface area contributed by atoms with Crippen LogP contribution in [0.3, 0.4) is 0 Å². The van der Waals surface area contributed by atoms with E-state index in [-0.39, 0.29) is 35.8 Å². The van der Waals surface area contributed by atoms with Gasteiger partial charge >= 0.3 is 5.97 Å². The maximum Gasteiger partial charge on any atom is 0.335 e. The van der Waals surface area contributed by atoms with Crippen molar-refractivity contribution < 1.29 is 24.2 Å². The molecule has 2 atom stereocenters. The SMILES string of the molecule is Cc1c(CN)c(=O)[nH]n1C.Cc1cc(C(C)Oc2ccccc2)ccc1C(=O)NCc1c(C)n(C)[nH]c1=O.Cc1cc(C(C)Oc2ccccc2)ccc1C(=O)O. The van der Waals surface area contributed by atoms with Crippen molar-refractivity contribution in [3.63, 3.8) is 0 Å². The summed E-state index contributed by atoms with van der Waals surface area (Å²) in [6, 6.07) is 30.1. The van der Waals surface area contributed by atoms with Crippen LogP contribution in [0.5, 0.6) is 11.5 Å². The number of carbonyl (C=O) groups excluding carboxylic acids is 1. The number of carbonyl (C=O) groups is 2. The molecular weight excluding hydrogens is 725 g/mol. The van der Waals surface area contributed by atoms with E-state index in [4.69, 9.17) is 20.3 Å². The predicted molar refractivity (Wildman–Crippen MR) is 221 cm³/mol. The quantitative estimate of drug-likeness (QED) is 0.0960. The first-order valence-electron chi connectivity index (χ1n) is 18.5. The van der Waals surface area contributed by atoms with Crippen LogP contribution < -0.4 is 31.6 Å². The van der Waals surface area contributed by atoms with E-state index in [2.05, 4.69) is 15.5 Å². The molecule has 0 fully saturated rings. The molecule has 0 radical (unpaired) electrons. The summed E-state index contributed by atoms with van der Waals surface area (Å²) in [4.78, 5) is 46.4. The van der Waals surface area contributed by atoms with E-state index < -0.39 is 5.97 Å². The maximum atomic E-state index is 12.6. The van der Waals surface area contributed by atoms with Gasteiger partial charge in [0.15, 0.2) is 0 Å². The van der Waals surface area contributed by atoms with Gasteiger partial charge in [0.05, 0.1) is 23.2 Å². The highest BCUT2D eigenvalue weighted by molar-refractivity contribution is 5.95. The lowest BCUT2D eigenvalue weighted by molar-refractivity contribution is 0.0695. The number of benzene rings is 4. The van der Waals surface area contributed by atoms with Gasteiger partial charge in [-0.25, -0.2) is 4.79 Å². The molecule has 4 aromatic carbocycles. The fraction of sp³-hybridized carbons (Fsp3) is 0.273. The van der Waals surface area contributed by atoms with E-state index in [0.717, 1.165) is 45.1 Å². The van der Waals surface area contributed by atoms with Gasteiger partial charge in [0, 0.05) is 37.6 Å². The molecule has 0 saturated carbocycles. The number of nitrogens with two attached hydrogens (primary N) is 1. The molecule has 2 unspecified atom stereocenters. The van der Waals surface area contributed by atoms with Gasteiger partial charge in [0.2, 0.25) is 0 Å². The van der Waals surface area contributed by atoms with Crippen LogP contribution in [0.15, 0.2) is 107 Å². The number of carboxylic acids is 1. The Kier molecular flexibility index (Phi) is 15.0. The minimum absolute atomic E-state index is 0.0810. The van der Waals surface area contributed by atoms with E-state index in [1.54, 1.807) is 48.6 Å². The maximum absolute atomic E-state index is 12.6. The van der Waals surface area contributed by atoms with Gasteiger partial charge in [-0.05, 0) is 100 Å². The summed E-state index contributed by atoms with van der Waals surface area (Å²) in [6.45, 7) is 11.8. The number of carboxylic acid groups (broad SMARTS) is 1. The molecule has 6 aromatic rings. The molecule has 13 nitrogen and oxygen atoms in total. The fourth-order valence-corrected chi connectivity index (χ4v) is 5.97. The number of amides is 1. The van der Waals surface area contributed by atoms with Crippen LogP contribution >= 0.6 is 0 Å². The summed E-state index contributed by atoms with van der Waals surface area (Å²) < 4.78 is 15.1. The molecule has 2 aromatic heterocycles. The van der Waals surface area contributed by atoms with Crippen LogP contribution in [0.25, 0.3) is 0 Å². The van der Waals surface area contributed by atoms with Gasteiger partial charge in [-0.2, -0.15) is 0 Å². The van der Waals surface area contributed by atoms with Gasteiger partial charge < -0.3 is 25.6 Å². The summed E-state index contributed by atoms with van der Waals surface area (Å²) in [5.41, 5.74) is 12.5. The number of ether oxygens (including phenoxy) is 2. The third kappa shape index (κ3) is 11.5. The second-order valence-electron chi connectivity index (χ2n) is 13.6. The zero-order valence-electron chi connectivity index (χ0n) is 33.7. The van der Waals surface area contributed by atoms with Crippen molar-refractivity contribution in [1.29, 1.82) is 0 Å². The van der Waals surface area contributed by atoms with Crippen molar-refractivity contribution in [2.75, 3.05) is 0 Å². The first kappa shape index (κ1) is 43.1. The minimum Gasteiger partial charge on any atom is -0.486 e. The third-order valence-corrected chi connectivity index (χ3v) is 9.62. The number of aromatic nitrogens is 4. The smallest absolute Gasteiger partial charge is 0.335 e. The van der Waals surface area contributed by atoms with Crippen molar-refractivity contribution in [2.45, 2.75) is 66.8 Å². The van der Waals surface area contributed by atoms with Crippen LogP contribution in [0.4, 0.5) is 0 Å². The predicted octanol–water partition coefficient (Wildman–Crippen LogP) is 6.71. The largest absolute Gasteiger partial charge is 0.486 e. The molecule has 2 heterocycles. The molecule has 0 aliphatic carbocycles. The van der Waals surface area contributed by atoms with Crippen molar-refractivity contribution in [2.24, 2.45) is 19.8 Å². The Balaban J connectivity index is 0.000000213. The van der Waals surface area contributed by atoms with E-state index in [0.29, 0.717) is 28.8 Å². The van der Waals surface area contributed by atoms with Gasteiger partial charge in [-0.3, -0.25) is 33.9 Å². The Morgan fingerprint density at radius 1 is 0.684 bits per heavy atom. The lowest BCUT2D eigenvalue weighted by atomic mass is 10.0. The number of aromatic carboxylic acids is 1. The highest BCUT2D eigenvalue weighted by Gasteiger charge is 2.16. The fourth-order valence-electron chi connectivity index (χ4n) is 5.97.